The average molecular weight is 250 g/mol. The lowest BCUT2D eigenvalue weighted by molar-refractivity contribution is 0.569. The van der Waals surface area contributed by atoms with Crippen LogP contribution in [0.4, 0.5) is 0 Å². The van der Waals surface area contributed by atoms with Crippen molar-refractivity contribution in [2.24, 2.45) is 0 Å². The maximum absolute atomic E-state index is 5.45. The molecule has 1 aromatic carbocycles. The number of hydrogen-bond donors (Lipinski definition) is 1. The molecule has 0 spiro atoms. The molecule has 0 radical (unpaired) electrons. The molecule has 2 aromatic rings. The van der Waals surface area contributed by atoms with Crippen molar-refractivity contribution in [1.82, 2.24) is 9.55 Å². The maximum atomic E-state index is 5.45. The van der Waals surface area contributed by atoms with E-state index in [1.165, 1.54) is 34.5 Å². The van der Waals surface area contributed by atoms with Gasteiger partial charge in [-0.2, -0.15) is 11.8 Å². The van der Waals surface area contributed by atoms with Gasteiger partial charge < -0.3 is 9.55 Å². The second kappa shape index (κ2) is 3.93. The number of aryl methyl sites for hydroxylation is 1. The highest BCUT2D eigenvalue weighted by molar-refractivity contribution is 7.99. The van der Waals surface area contributed by atoms with Crippen LogP contribution in [-0.2, 0) is 0 Å². The summed E-state index contributed by atoms with van der Waals surface area (Å²) in [5.74, 6) is 2.44. The molecule has 4 heteroatoms. The molecule has 1 fully saturated rings. The highest BCUT2D eigenvalue weighted by Crippen LogP contribution is 2.31. The minimum absolute atomic E-state index is 0.577. The molecule has 1 N–H and O–H groups in total. The number of hydrogen-bond acceptors (Lipinski definition) is 2. The highest BCUT2D eigenvalue weighted by atomic mass is 32.2. The molecule has 1 atom stereocenters. The number of aromatic nitrogens is 2. The first-order valence-electron chi connectivity index (χ1n) is 5.55. The lowest BCUT2D eigenvalue weighted by Crippen LogP contribution is -2.07. The lowest BCUT2D eigenvalue weighted by Gasteiger charge is -2.11. The Morgan fingerprint density at radius 2 is 2.38 bits per heavy atom. The Hall–Kier alpha value is -0.740. The Kier molecular flexibility index (Phi) is 2.56. The van der Waals surface area contributed by atoms with E-state index in [1.807, 2.05) is 11.8 Å². The zero-order chi connectivity index (χ0) is 11.1. The molecule has 16 heavy (non-hydrogen) atoms. The van der Waals surface area contributed by atoms with Crippen molar-refractivity contribution in [3.8, 4) is 0 Å². The van der Waals surface area contributed by atoms with Crippen molar-refractivity contribution in [3.63, 3.8) is 0 Å². The number of imidazole rings is 1. The topological polar surface area (TPSA) is 20.7 Å². The minimum Gasteiger partial charge on any atom is -0.330 e. The van der Waals surface area contributed by atoms with E-state index >= 15 is 0 Å². The van der Waals surface area contributed by atoms with Crippen LogP contribution < -0.4 is 0 Å². The van der Waals surface area contributed by atoms with Crippen LogP contribution in [0.1, 0.15) is 18.0 Å². The predicted octanol–water partition coefficient (Wildman–Crippen LogP) is 3.69. The van der Waals surface area contributed by atoms with Crippen LogP contribution >= 0.6 is 24.0 Å². The fraction of sp³-hybridized carbons (Fsp3) is 0.417. The quantitative estimate of drug-likeness (QED) is 0.779. The number of aromatic amines is 1. The maximum Gasteiger partial charge on any atom is 0.178 e. The van der Waals surface area contributed by atoms with Crippen LogP contribution in [0.3, 0.4) is 0 Å². The summed E-state index contributed by atoms with van der Waals surface area (Å²) in [6, 6.07) is 6.98. The number of nitrogens with one attached hydrogen (secondary N) is 1. The minimum atomic E-state index is 0.577. The van der Waals surface area contributed by atoms with Gasteiger partial charge in [0.05, 0.1) is 11.0 Å². The second-order valence-corrected chi connectivity index (χ2v) is 5.82. The molecule has 1 unspecified atom stereocenters. The third-order valence-corrected chi connectivity index (χ3v) is 4.68. The molecule has 3 rings (SSSR count). The molecule has 2 heterocycles. The van der Waals surface area contributed by atoms with Gasteiger partial charge in [-0.05, 0) is 42.9 Å². The van der Waals surface area contributed by atoms with E-state index in [0.717, 1.165) is 4.77 Å². The van der Waals surface area contributed by atoms with Crippen LogP contribution in [0.2, 0.25) is 0 Å². The number of thioether (sulfide) groups is 1. The molecule has 1 aliphatic heterocycles. The molecule has 1 saturated heterocycles. The zero-order valence-electron chi connectivity index (χ0n) is 9.19. The smallest absolute Gasteiger partial charge is 0.178 e. The lowest BCUT2D eigenvalue weighted by atomic mass is 10.2. The second-order valence-electron chi connectivity index (χ2n) is 4.29. The van der Waals surface area contributed by atoms with Gasteiger partial charge >= 0.3 is 0 Å². The fourth-order valence-electron chi connectivity index (χ4n) is 2.38. The molecule has 0 saturated carbocycles. The normalized spacial score (nSPS) is 20.7. The van der Waals surface area contributed by atoms with E-state index in [0.29, 0.717) is 6.04 Å². The van der Waals surface area contributed by atoms with Crippen LogP contribution in [-0.4, -0.2) is 21.1 Å². The monoisotopic (exact) mass is 250 g/mol. The highest BCUT2D eigenvalue weighted by Gasteiger charge is 2.20. The van der Waals surface area contributed by atoms with Gasteiger partial charge in [-0.1, -0.05) is 12.1 Å². The summed E-state index contributed by atoms with van der Waals surface area (Å²) in [7, 11) is 0. The summed E-state index contributed by atoms with van der Waals surface area (Å²) >= 11 is 7.47. The summed E-state index contributed by atoms with van der Waals surface area (Å²) in [6.45, 7) is 2.13. The van der Waals surface area contributed by atoms with Crippen molar-refractivity contribution in [2.75, 3.05) is 11.5 Å². The van der Waals surface area contributed by atoms with E-state index in [1.54, 1.807) is 0 Å². The Bertz CT molecular complexity index is 576. The summed E-state index contributed by atoms with van der Waals surface area (Å²) in [5.41, 5.74) is 3.73. The Labute approximate surface area is 104 Å². The van der Waals surface area contributed by atoms with Crippen molar-refractivity contribution in [1.29, 1.82) is 0 Å². The van der Waals surface area contributed by atoms with E-state index in [-0.39, 0.29) is 0 Å². The van der Waals surface area contributed by atoms with Crippen molar-refractivity contribution < 1.29 is 0 Å². The summed E-state index contributed by atoms with van der Waals surface area (Å²) < 4.78 is 3.18. The molecular weight excluding hydrogens is 236 g/mol. The van der Waals surface area contributed by atoms with Gasteiger partial charge in [0.15, 0.2) is 4.77 Å². The first kappa shape index (κ1) is 10.4. The predicted molar refractivity (Wildman–Crippen MR) is 72.8 cm³/mol. The molecule has 0 aliphatic carbocycles. The Morgan fingerprint density at radius 1 is 1.50 bits per heavy atom. The fourth-order valence-corrected chi connectivity index (χ4v) is 3.92. The standard InChI is InChI=1S/C12H14N2S2/c1-8-3-2-4-10-11(8)13-12(15)14(10)9-5-6-16-7-9/h2-4,9H,5-7H2,1H3,(H,13,15). The first-order valence-corrected chi connectivity index (χ1v) is 7.11. The molecule has 0 bridgehead atoms. The molecule has 1 aromatic heterocycles. The van der Waals surface area contributed by atoms with Crippen LogP contribution in [0, 0.1) is 11.7 Å². The number of nitrogens with zero attached hydrogens (tertiary/aromatic N) is 1. The molecule has 0 amide bonds. The van der Waals surface area contributed by atoms with Crippen molar-refractivity contribution in [3.05, 3.63) is 28.5 Å². The largest absolute Gasteiger partial charge is 0.330 e. The Morgan fingerprint density at radius 3 is 3.12 bits per heavy atom. The van der Waals surface area contributed by atoms with E-state index in [2.05, 4.69) is 34.7 Å². The van der Waals surface area contributed by atoms with E-state index in [9.17, 15) is 0 Å². The number of fused-ring (bicyclic) bond motifs is 1. The van der Waals surface area contributed by atoms with Gasteiger partial charge in [-0.25, -0.2) is 0 Å². The van der Waals surface area contributed by atoms with Crippen LogP contribution in [0.5, 0.6) is 0 Å². The molecular formula is C12H14N2S2. The van der Waals surface area contributed by atoms with Gasteiger partial charge in [-0.15, -0.1) is 0 Å². The van der Waals surface area contributed by atoms with E-state index < -0.39 is 0 Å². The van der Waals surface area contributed by atoms with Gasteiger partial charge in [0.1, 0.15) is 0 Å². The molecule has 1 aliphatic rings. The van der Waals surface area contributed by atoms with Gasteiger partial charge in [0.25, 0.3) is 0 Å². The summed E-state index contributed by atoms with van der Waals surface area (Å²) in [4.78, 5) is 3.34. The van der Waals surface area contributed by atoms with E-state index in [4.69, 9.17) is 12.2 Å². The average Bonchev–Trinajstić information content (AvgIpc) is 2.85. The Balaban J connectivity index is 2.27. The first-order chi connectivity index (χ1) is 7.77. The van der Waals surface area contributed by atoms with Gasteiger partial charge in [0, 0.05) is 11.8 Å². The molecule has 84 valence electrons. The summed E-state index contributed by atoms with van der Waals surface area (Å²) in [6.07, 6.45) is 1.24. The summed E-state index contributed by atoms with van der Waals surface area (Å²) in [5, 5.41) is 0. The number of benzene rings is 1. The van der Waals surface area contributed by atoms with Crippen LogP contribution in [0.25, 0.3) is 11.0 Å². The third-order valence-electron chi connectivity index (χ3n) is 3.23. The van der Waals surface area contributed by atoms with Crippen molar-refractivity contribution >= 4 is 35.0 Å². The van der Waals surface area contributed by atoms with Crippen LogP contribution in [0.15, 0.2) is 18.2 Å². The number of rotatable bonds is 1. The number of para-hydroxylation sites is 1. The van der Waals surface area contributed by atoms with Gasteiger partial charge in [0.2, 0.25) is 0 Å². The molecule has 2 nitrogen and oxygen atoms in total. The van der Waals surface area contributed by atoms with Crippen molar-refractivity contribution in [2.45, 2.75) is 19.4 Å². The van der Waals surface area contributed by atoms with Gasteiger partial charge in [-0.3, -0.25) is 0 Å². The zero-order valence-corrected chi connectivity index (χ0v) is 10.8. The third kappa shape index (κ3) is 1.52. The SMILES string of the molecule is Cc1cccc2c1[nH]c(=S)n2C1CCSC1. The number of H-pyrrole nitrogens is 1.